The van der Waals surface area contributed by atoms with Crippen LogP contribution in [0.4, 0.5) is 21.9 Å². The Bertz CT molecular complexity index is 933. The molecule has 0 aromatic heterocycles. The van der Waals surface area contributed by atoms with Crippen molar-refractivity contribution in [2.45, 2.75) is 13.1 Å². The molecule has 136 valence electrons. The fraction of sp³-hybridized carbons (Fsp3) is 0.100. The number of anilines is 3. The zero-order chi connectivity index (χ0) is 18.8. The molecule has 0 spiro atoms. The highest BCUT2D eigenvalue weighted by atomic mass is 16.2. The lowest BCUT2D eigenvalue weighted by atomic mass is 10.2. The number of amides is 2. The number of carbonyl (C=O) groups excluding carboxylic acids is 1. The van der Waals surface area contributed by atoms with E-state index < -0.39 is 0 Å². The van der Waals surface area contributed by atoms with Crippen molar-refractivity contribution < 1.29 is 4.79 Å². The number of hydrogen-bond donors (Lipinski definition) is 3. The molecule has 0 saturated heterocycles. The Labute approximate surface area is 157 Å². The highest BCUT2D eigenvalue weighted by molar-refractivity contribution is 6.00. The Morgan fingerprint density at radius 2 is 1.67 bits per heavy atom. The maximum absolute atomic E-state index is 12.1. The van der Waals surface area contributed by atoms with Crippen LogP contribution in [0.1, 0.15) is 6.92 Å². The van der Waals surface area contributed by atoms with Gasteiger partial charge in [-0.3, -0.25) is 0 Å². The third kappa shape index (κ3) is 3.35. The van der Waals surface area contributed by atoms with E-state index in [0.29, 0.717) is 11.5 Å². The van der Waals surface area contributed by atoms with Crippen molar-refractivity contribution in [3.63, 3.8) is 0 Å². The number of carbonyl (C=O) groups is 1. The van der Waals surface area contributed by atoms with Gasteiger partial charge in [0.05, 0.1) is 0 Å². The van der Waals surface area contributed by atoms with Crippen LogP contribution in [-0.2, 0) is 0 Å². The molecule has 0 aliphatic carbocycles. The lowest BCUT2D eigenvalue weighted by Crippen LogP contribution is -2.37. The Morgan fingerprint density at radius 3 is 2.33 bits per heavy atom. The number of rotatable bonds is 3. The zero-order valence-corrected chi connectivity index (χ0v) is 14.8. The van der Waals surface area contributed by atoms with Crippen LogP contribution in [-0.4, -0.2) is 22.9 Å². The van der Waals surface area contributed by atoms with E-state index in [1.165, 1.54) is 0 Å². The Morgan fingerprint density at radius 1 is 1.00 bits per heavy atom. The average Bonchev–Trinajstić information content (AvgIpc) is 3.01. The number of amidine groups is 1. The van der Waals surface area contributed by atoms with Crippen LogP contribution < -0.4 is 21.3 Å². The maximum atomic E-state index is 12.1. The summed E-state index contributed by atoms with van der Waals surface area (Å²) in [4.78, 5) is 20.4. The molecule has 2 aromatic carbocycles. The van der Waals surface area contributed by atoms with Gasteiger partial charge < -0.3 is 26.2 Å². The van der Waals surface area contributed by atoms with Crippen LogP contribution in [0.15, 0.2) is 83.9 Å². The number of para-hydroxylation sites is 1. The van der Waals surface area contributed by atoms with Crippen LogP contribution in [0.3, 0.4) is 0 Å². The van der Waals surface area contributed by atoms with Gasteiger partial charge in [0.2, 0.25) is 0 Å². The Balaban J connectivity index is 1.44. The molecule has 2 aliphatic rings. The van der Waals surface area contributed by atoms with Crippen LogP contribution in [0.25, 0.3) is 0 Å². The number of nitrogens with two attached hydrogens (primary N) is 1. The van der Waals surface area contributed by atoms with E-state index in [9.17, 15) is 4.79 Å². The molecular weight excluding hydrogens is 340 g/mol. The fourth-order valence-electron chi connectivity index (χ4n) is 3.12. The summed E-state index contributed by atoms with van der Waals surface area (Å²) in [6, 6.07) is 16.7. The third-order valence-electron chi connectivity index (χ3n) is 4.50. The number of hydrogen-bond acceptors (Lipinski definition) is 5. The summed E-state index contributed by atoms with van der Waals surface area (Å²) in [5, 5.41) is 5.63. The summed E-state index contributed by atoms with van der Waals surface area (Å²) in [6.07, 6.45) is 5.68. The standard InChI is InChI=1S/C20H20N6O/c1-14-25-12-11-22-19(21)18(25)13-26(14)17-9-7-16(8-10-17)24-20(27)23-15-5-3-2-4-6-15/h2-14H,1H3,(H2,21,22)(H2,23,24,27). The molecule has 7 nitrogen and oxygen atoms in total. The number of aliphatic imine (C=N–C) groups is 1. The van der Waals surface area contributed by atoms with Crippen LogP contribution in [0.2, 0.25) is 0 Å². The minimum absolute atomic E-state index is 0.0884. The second kappa shape index (κ2) is 6.87. The summed E-state index contributed by atoms with van der Waals surface area (Å²) in [7, 11) is 0. The van der Waals surface area contributed by atoms with Crippen molar-refractivity contribution in [2.24, 2.45) is 10.7 Å². The van der Waals surface area contributed by atoms with Crippen molar-refractivity contribution in [1.82, 2.24) is 4.90 Å². The van der Waals surface area contributed by atoms with Crippen molar-refractivity contribution in [1.29, 1.82) is 0 Å². The van der Waals surface area contributed by atoms with Gasteiger partial charge in [-0.15, -0.1) is 0 Å². The van der Waals surface area contributed by atoms with E-state index in [4.69, 9.17) is 5.73 Å². The SMILES string of the molecule is CC1N2C=CN=C(N)C2=CN1c1ccc(NC(=O)Nc2ccccc2)cc1. The third-order valence-corrected chi connectivity index (χ3v) is 4.50. The van der Waals surface area contributed by atoms with E-state index in [2.05, 4.69) is 32.3 Å². The van der Waals surface area contributed by atoms with Gasteiger partial charge in [0.15, 0.2) is 0 Å². The van der Waals surface area contributed by atoms with Crippen molar-refractivity contribution in [2.75, 3.05) is 15.5 Å². The smallest absolute Gasteiger partial charge is 0.323 e. The molecule has 1 unspecified atom stereocenters. The average molecular weight is 360 g/mol. The molecule has 2 amide bonds. The number of fused-ring (bicyclic) bond motifs is 1. The van der Waals surface area contributed by atoms with Crippen molar-refractivity contribution >= 4 is 28.9 Å². The first kappa shape index (κ1) is 16.7. The molecule has 7 heteroatoms. The van der Waals surface area contributed by atoms with E-state index in [1.54, 1.807) is 6.20 Å². The van der Waals surface area contributed by atoms with Gasteiger partial charge >= 0.3 is 6.03 Å². The Hall–Kier alpha value is -3.74. The van der Waals surface area contributed by atoms with E-state index in [1.807, 2.05) is 67.0 Å². The molecule has 4 N–H and O–H groups in total. The van der Waals surface area contributed by atoms with E-state index in [-0.39, 0.29) is 12.2 Å². The molecule has 2 heterocycles. The minimum Gasteiger partial charge on any atom is -0.382 e. The molecule has 0 radical (unpaired) electrons. The largest absolute Gasteiger partial charge is 0.382 e. The Kier molecular flexibility index (Phi) is 4.25. The van der Waals surface area contributed by atoms with Gasteiger partial charge in [0.25, 0.3) is 0 Å². The zero-order valence-electron chi connectivity index (χ0n) is 14.8. The summed E-state index contributed by atoms with van der Waals surface area (Å²) in [5.41, 5.74) is 9.31. The molecule has 0 bridgehead atoms. The van der Waals surface area contributed by atoms with E-state index >= 15 is 0 Å². The maximum Gasteiger partial charge on any atom is 0.323 e. The highest BCUT2D eigenvalue weighted by Gasteiger charge is 2.31. The van der Waals surface area contributed by atoms with Crippen molar-refractivity contribution in [3.8, 4) is 0 Å². The van der Waals surface area contributed by atoms with Crippen LogP contribution >= 0.6 is 0 Å². The second-order valence-corrected chi connectivity index (χ2v) is 6.27. The molecule has 27 heavy (non-hydrogen) atoms. The first-order valence-corrected chi connectivity index (χ1v) is 8.64. The van der Waals surface area contributed by atoms with Crippen molar-refractivity contribution in [3.05, 3.63) is 78.9 Å². The summed E-state index contributed by atoms with van der Waals surface area (Å²) < 4.78 is 0. The highest BCUT2D eigenvalue weighted by Crippen LogP contribution is 2.31. The predicted octanol–water partition coefficient (Wildman–Crippen LogP) is 3.48. The van der Waals surface area contributed by atoms with E-state index in [0.717, 1.165) is 17.1 Å². The van der Waals surface area contributed by atoms with Gasteiger partial charge in [-0.25, -0.2) is 9.79 Å². The predicted molar refractivity (Wildman–Crippen MR) is 108 cm³/mol. The molecule has 1 atom stereocenters. The lowest BCUT2D eigenvalue weighted by Gasteiger charge is -2.29. The van der Waals surface area contributed by atoms with Gasteiger partial charge in [-0.1, -0.05) is 18.2 Å². The first-order chi connectivity index (χ1) is 13.1. The molecule has 2 aliphatic heterocycles. The number of nitrogens with one attached hydrogen (secondary N) is 2. The second-order valence-electron chi connectivity index (χ2n) is 6.27. The van der Waals surface area contributed by atoms with Crippen LogP contribution in [0.5, 0.6) is 0 Å². The molecule has 2 aromatic rings. The van der Waals surface area contributed by atoms with Gasteiger partial charge in [-0.2, -0.15) is 0 Å². The summed E-state index contributed by atoms with van der Waals surface area (Å²) in [6.45, 7) is 2.09. The van der Waals surface area contributed by atoms with Crippen LogP contribution in [0, 0.1) is 0 Å². The van der Waals surface area contributed by atoms with Gasteiger partial charge in [-0.05, 0) is 43.3 Å². The topological polar surface area (TPSA) is 86.0 Å². The summed E-state index contributed by atoms with van der Waals surface area (Å²) in [5.74, 6) is 0.503. The molecule has 0 saturated carbocycles. The number of urea groups is 1. The quantitative estimate of drug-likeness (QED) is 0.782. The van der Waals surface area contributed by atoms with Gasteiger partial charge in [0.1, 0.15) is 17.7 Å². The fourth-order valence-corrected chi connectivity index (χ4v) is 3.12. The summed E-state index contributed by atoms with van der Waals surface area (Å²) >= 11 is 0. The minimum atomic E-state index is -0.281. The first-order valence-electron chi connectivity index (χ1n) is 8.64. The van der Waals surface area contributed by atoms with Gasteiger partial charge in [0, 0.05) is 35.7 Å². The molecule has 0 fully saturated rings. The molecular formula is C20H20N6O. The number of benzene rings is 2. The molecule has 4 rings (SSSR count). The lowest BCUT2D eigenvalue weighted by molar-refractivity contribution is 0.262. The number of nitrogens with zero attached hydrogens (tertiary/aromatic N) is 3. The normalized spacial score (nSPS) is 17.9. The monoisotopic (exact) mass is 360 g/mol.